The molecule has 1 aromatic heterocycles. The van der Waals surface area contributed by atoms with Gasteiger partial charge in [0.05, 0.1) is 16.1 Å². The summed E-state index contributed by atoms with van der Waals surface area (Å²) in [6.07, 6.45) is 1.90. The van der Waals surface area contributed by atoms with Gasteiger partial charge < -0.3 is 5.11 Å². The number of halogens is 2. The number of fused-ring (bicyclic) bond motifs is 1. The fourth-order valence-electron chi connectivity index (χ4n) is 3.06. The molecule has 0 unspecified atom stereocenters. The van der Waals surface area contributed by atoms with Crippen LogP contribution in [-0.2, 0) is 0 Å². The number of benzene rings is 3. The van der Waals surface area contributed by atoms with Gasteiger partial charge in [0.1, 0.15) is 11.3 Å². The van der Waals surface area contributed by atoms with Gasteiger partial charge in [-0.1, -0.05) is 40.5 Å². The Morgan fingerprint density at radius 2 is 1.81 bits per heavy atom. The quantitative estimate of drug-likeness (QED) is 0.408. The maximum Gasteiger partial charge on any atom is 0.137 e. The van der Waals surface area contributed by atoms with Gasteiger partial charge in [0.25, 0.3) is 0 Å². The van der Waals surface area contributed by atoms with Crippen LogP contribution in [0.25, 0.3) is 27.8 Å². The Kier molecular flexibility index (Phi) is 4.76. The zero-order valence-electron chi connectivity index (χ0n) is 14.6. The van der Waals surface area contributed by atoms with E-state index in [0.717, 1.165) is 27.8 Å². The summed E-state index contributed by atoms with van der Waals surface area (Å²) in [6.45, 7) is 1.92. The Morgan fingerprint density at radius 3 is 2.59 bits per heavy atom. The number of nitrogens with zero attached hydrogens (tertiary/aromatic N) is 3. The summed E-state index contributed by atoms with van der Waals surface area (Å²) in [6, 6.07) is 15.0. The van der Waals surface area contributed by atoms with E-state index in [1.54, 1.807) is 16.8 Å². The van der Waals surface area contributed by atoms with Crippen molar-refractivity contribution in [3.8, 4) is 22.6 Å². The summed E-state index contributed by atoms with van der Waals surface area (Å²) in [4.78, 5) is 0.713. The number of phenols is 1. The van der Waals surface area contributed by atoms with Crippen LogP contribution in [0.15, 0.2) is 53.4 Å². The van der Waals surface area contributed by atoms with E-state index in [0.29, 0.717) is 20.5 Å². The third kappa shape index (κ3) is 3.16. The normalized spacial score (nSPS) is 11.3. The zero-order chi connectivity index (χ0) is 19.1. The molecule has 4 nitrogen and oxygen atoms in total. The van der Waals surface area contributed by atoms with Crippen LogP contribution >= 0.6 is 35.0 Å². The summed E-state index contributed by atoms with van der Waals surface area (Å²) in [5.74, 6) is 0.187. The molecule has 0 aliphatic heterocycles. The first-order valence-corrected chi connectivity index (χ1v) is 10.2. The first-order chi connectivity index (χ1) is 13.0. The predicted octanol–water partition coefficient (Wildman–Crippen LogP) is 6.13. The molecule has 1 N–H and O–H groups in total. The van der Waals surface area contributed by atoms with Crippen LogP contribution in [0.3, 0.4) is 0 Å². The van der Waals surface area contributed by atoms with E-state index >= 15 is 0 Å². The van der Waals surface area contributed by atoms with E-state index in [1.807, 2.05) is 49.6 Å². The van der Waals surface area contributed by atoms with Gasteiger partial charge >= 0.3 is 0 Å². The van der Waals surface area contributed by atoms with Gasteiger partial charge in [-0.3, -0.25) is 0 Å². The first kappa shape index (κ1) is 18.2. The van der Waals surface area contributed by atoms with Crippen molar-refractivity contribution >= 4 is 46.0 Å². The second-order valence-corrected chi connectivity index (χ2v) is 7.79. The van der Waals surface area contributed by atoms with Crippen LogP contribution in [0.4, 0.5) is 0 Å². The monoisotopic (exact) mass is 415 g/mol. The third-order valence-electron chi connectivity index (χ3n) is 4.48. The molecule has 1 heterocycles. The summed E-state index contributed by atoms with van der Waals surface area (Å²) >= 11 is 14.2. The molecule has 3 aromatic carbocycles. The molecule has 0 aliphatic carbocycles. The maximum absolute atomic E-state index is 10.7. The van der Waals surface area contributed by atoms with Crippen molar-refractivity contribution in [2.24, 2.45) is 0 Å². The van der Waals surface area contributed by atoms with Crippen LogP contribution < -0.4 is 0 Å². The second kappa shape index (κ2) is 7.08. The highest BCUT2D eigenvalue weighted by atomic mass is 35.5. The van der Waals surface area contributed by atoms with Crippen LogP contribution in [0.5, 0.6) is 5.75 Å². The molecule has 7 heteroatoms. The largest absolute Gasteiger partial charge is 0.506 e. The van der Waals surface area contributed by atoms with E-state index in [9.17, 15) is 5.11 Å². The van der Waals surface area contributed by atoms with Crippen molar-refractivity contribution in [1.82, 2.24) is 15.0 Å². The minimum absolute atomic E-state index is 0.187. The Hall–Kier alpha value is -2.21. The number of aromatic hydroxyl groups is 1. The molecule has 0 aliphatic rings. The SMILES string of the molecule is CSc1cc(Cl)cc(-c2cc(-n3nnc4ccccc43)cc(Cl)c2C)c1O. The van der Waals surface area contributed by atoms with Crippen molar-refractivity contribution in [3.63, 3.8) is 0 Å². The maximum atomic E-state index is 10.7. The minimum atomic E-state index is 0.187. The predicted molar refractivity (Wildman–Crippen MR) is 113 cm³/mol. The van der Waals surface area contributed by atoms with E-state index in [1.165, 1.54) is 11.8 Å². The molecular formula is C20H15Cl2N3OS. The highest BCUT2D eigenvalue weighted by Gasteiger charge is 2.17. The summed E-state index contributed by atoms with van der Waals surface area (Å²) in [5.41, 5.74) is 4.73. The van der Waals surface area contributed by atoms with Crippen LogP contribution in [0, 0.1) is 6.92 Å². The number of phenolic OH excluding ortho intramolecular Hbond substituents is 1. The number of aromatic nitrogens is 3. The van der Waals surface area contributed by atoms with E-state index in [-0.39, 0.29) is 5.75 Å². The van der Waals surface area contributed by atoms with Crippen molar-refractivity contribution in [2.45, 2.75) is 11.8 Å². The highest BCUT2D eigenvalue weighted by molar-refractivity contribution is 7.98. The Morgan fingerprint density at radius 1 is 1.04 bits per heavy atom. The molecular weight excluding hydrogens is 401 g/mol. The number of para-hydroxylation sites is 1. The van der Waals surface area contributed by atoms with Gasteiger partial charge in [-0.15, -0.1) is 16.9 Å². The highest BCUT2D eigenvalue weighted by Crippen LogP contribution is 2.42. The molecule has 4 aromatic rings. The molecule has 0 amide bonds. The molecule has 27 heavy (non-hydrogen) atoms. The van der Waals surface area contributed by atoms with E-state index < -0.39 is 0 Å². The number of thioether (sulfide) groups is 1. The van der Waals surface area contributed by atoms with Crippen molar-refractivity contribution < 1.29 is 5.11 Å². The summed E-state index contributed by atoms with van der Waals surface area (Å²) in [7, 11) is 0. The van der Waals surface area contributed by atoms with Gasteiger partial charge in [0.15, 0.2) is 0 Å². The molecule has 0 radical (unpaired) electrons. The lowest BCUT2D eigenvalue weighted by molar-refractivity contribution is 0.464. The lowest BCUT2D eigenvalue weighted by atomic mass is 9.98. The molecule has 0 saturated carbocycles. The van der Waals surface area contributed by atoms with Gasteiger partial charge in [-0.25, -0.2) is 4.68 Å². The van der Waals surface area contributed by atoms with Gasteiger partial charge in [0.2, 0.25) is 0 Å². The fourth-order valence-corrected chi connectivity index (χ4v) is 4.11. The van der Waals surface area contributed by atoms with Gasteiger partial charge in [-0.05, 0) is 60.7 Å². The molecule has 4 rings (SSSR count). The number of hydrogen-bond donors (Lipinski definition) is 1. The Bertz CT molecular complexity index is 1170. The number of rotatable bonds is 3. The zero-order valence-corrected chi connectivity index (χ0v) is 16.9. The fraction of sp³-hybridized carbons (Fsp3) is 0.100. The van der Waals surface area contributed by atoms with Crippen molar-refractivity contribution in [1.29, 1.82) is 0 Å². The van der Waals surface area contributed by atoms with Crippen molar-refractivity contribution in [3.05, 3.63) is 64.1 Å². The molecule has 0 bridgehead atoms. The smallest absolute Gasteiger partial charge is 0.137 e. The molecule has 0 fully saturated rings. The number of hydrogen-bond acceptors (Lipinski definition) is 4. The van der Waals surface area contributed by atoms with Gasteiger partial charge in [0, 0.05) is 15.6 Å². The van der Waals surface area contributed by atoms with E-state index in [4.69, 9.17) is 23.2 Å². The Labute approximate surface area is 170 Å². The molecule has 0 saturated heterocycles. The lowest BCUT2D eigenvalue weighted by Crippen LogP contribution is -1.99. The summed E-state index contributed by atoms with van der Waals surface area (Å²) < 4.78 is 1.74. The lowest BCUT2D eigenvalue weighted by Gasteiger charge is -2.15. The van der Waals surface area contributed by atoms with Crippen LogP contribution in [0.1, 0.15) is 5.56 Å². The molecule has 0 atom stereocenters. The third-order valence-corrected chi connectivity index (χ3v) is 5.84. The minimum Gasteiger partial charge on any atom is -0.506 e. The van der Waals surface area contributed by atoms with Crippen LogP contribution in [0.2, 0.25) is 10.0 Å². The second-order valence-electron chi connectivity index (χ2n) is 6.09. The molecule has 136 valence electrons. The Balaban J connectivity index is 1.98. The van der Waals surface area contributed by atoms with Crippen LogP contribution in [-0.4, -0.2) is 26.4 Å². The average Bonchev–Trinajstić information content (AvgIpc) is 3.09. The summed E-state index contributed by atoms with van der Waals surface area (Å²) in [5, 5.41) is 20.3. The van der Waals surface area contributed by atoms with Gasteiger partial charge in [-0.2, -0.15) is 0 Å². The average molecular weight is 416 g/mol. The van der Waals surface area contributed by atoms with E-state index in [2.05, 4.69) is 10.3 Å². The van der Waals surface area contributed by atoms with Crippen molar-refractivity contribution in [2.75, 3.05) is 6.26 Å². The molecule has 0 spiro atoms. The topological polar surface area (TPSA) is 50.9 Å². The standard InChI is InChI=1S/C20H15Cl2N3OS/c1-11-14(15-7-12(21)8-19(27-2)20(15)26)9-13(10-16(11)22)25-18-6-4-3-5-17(18)23-24-25/h3-10,26H,1-2H3. The first-order valence-electron chi connectivity index (χ1n) is 8.17.